The van der Waals surface area contributed by atoms with Gasteiger partial charge in [-0.3, -0.25) is 0 Å². The molecule has 0 spiro atoms. The number of thiophene rings is 1. The molecule has 0 amide bonds. The summed E-state index contributed by atoms with van der Waals surface area (Å²) in [4.78, 5) is 1.26. The molecule has 0 aliphatic carbocycles. The first-order valence-electron chi connectivity index (χ1n) is 6.23. The summed E-state index contributed by atoms with van der Waals surface area (Å²) >= 11 is 10.6. The molecular weight excluding hydrogens is 394 g/mol. The monoisotopic (exact) mass is 407 g/mol. The van der Waals surface area contributed by atoms with Gasteiger partial charge in [0, 0.05) is 22.3 Å². The van der Waals surface area contributed by atoms with Crippen LogP contribution in [0.4, 0.5) is 0 Å². The minimum absolute atomic E-state index is 0.213. The molecule has 1 aromatic heterocycles. The van der Waals surface area contributed by atoms with Gasteiger partial charge < -0.3 is 0 Å². The first-order chi connectivity index (χ1) is 9.87. The van der Waals surface area contributed by atoms with E-state index in [1.54, 1.807) is 36.6 Å². The van der Waals surface area contributed by atoms with Crippen molar-refractivity contribution in [3.63, 3.8) is 0 Å². The molecule has 0 aliphatic heterocycles. The van der Waals surface area contributed by atoms with Crippen molar-refractivity contribution in [3.05, 3.63) is 50.6 Å². The van der Waals surface area contributed by atoms with Gasteiger partial charge in [-0.2, -0.15) is 4.31 Å². The molecule has 0 saturated carbocycles. The van der Waals surface area contributed by atoms with E-state index in [0.29, 0.717) is 10.4 Å². The second-order valence-electron chi connectivity index (χ2n) is 4.61. The van der Waals surface area contributed by atoms with Crippen molar-refractivity contribution in [2.75, 3.05) is 7.05 Å². The van der Waals surface area contributed by atoms with Gasteiger partial charge in [-0.1, -0.05) is 12.1 Å². The fraction of sp³-hybridized carbons (Fsp3) is 0.286. The quantitative estimate of drug-likeness (QED) is 0.676. The topological polar surface area (TPSA) is 37.4 Å². The molecule has 1 unspecified atom stereocenters. The number of hydrogen-bond acceptors (Lipinski definition) is 3. The lowest BCUT2D eigenvalue weighted by atomic mass is 10.2. The highest BCUT2D eigenvalue weighted by molar-refractivity contribution is 9.10. The van der Waals surface area contributed by atoms with Gasteiger partial charge in [-0.05, 0) is 52.0 Å². The molecule has 0 fully saturated rings. The minimum atomic E-state index is -3.57. The number of rotatable bonds is 5. The molecule has 1 heterocycles. The summed E-state index contributed by atoms with van der Waals surface area (Å²) in [5.41, 5.74) is 0.872. The van der Waals surface area contributed by atoms with E-state index in [2.05, 4.69) is 15.9 Å². The van der Waals surface area contributed by atoms with Crippen molar-refractivity contribution in [2.24, 2.45) is 0 Å². The Hall–Kier alpha value is -0.400. The van der Waals surface area contributed by atoms with E-state index in [1.165, 1.54) is 4.31 Å². The summed E-state index contributed by atoms with van der Waals surface area (Å²) in [6.45, 7) is 1.88. The first kappa shape index (κ1) is 17.0. The van der Waals surface area contributed by atoms with Crippen LogP contribution in [0, 0.1) is 0 Å². The van der Waals surface area contributed by atoms with E-state index in [9.17, 15) is 8.42 Å². The molecule has 21 heavy (non-hydrogen) atoms. The number of nitrogens with zero attached hydrogens (tertiary/aromatic N) is 1. The second kappa shape index (κ2) is 6.79. The van der Waals surface area contributed by atoms with Crippen LogP contribution in [0.5, 0.6) is 0 Å². The largest absolute Gasteiger partial charge is 0.244 e. The first-order valence-corrected chi connectivity index (χ1v) is 9.88. The molecule has 0 N–H and O–H groups in total. The van der Waals surface area contributed by atoms with E-state index in [1.807, 2.05) is 24.4 Å². The van der Waals surface area contributed by atoms with Crippen molar-refractivity contribution < 1.29 is 8.42 Å². The van der Waals surface area contributed by atoms with Crippen LogP contribution >= 0.6 is 38.9 Å². The third kappa shape index (κ3) is 3.51. The number of benzene rings is 1. The molecule has 1 aromatic carbocycles. The van der Waals surface area contributed by atoms with Crippen LogP contribution in [0.2, 0.25) is 0 Å². The fourth-order valence-corrected chi connectivity index (χ4v) is 5.39. The maximum Gasteiger partial charge on any atom is 0.244 e. The summed E-state index contributed by atoms with van der Waals surface area (Å²) < 4.78 is 27.4. The van der Waals surface area contributed by atoms with Crippen molar-refractivity contribution in [1.82, 2.24) is 4.31 Å². The highest BCUT2D eigenvalue weighted by Gasteiger charge is 2.28. The van der Waals surface area contributed by atoms with Crippen LogP contribution in [0.1, 0.15) is 23.4 Å². The Labute approximate surface area is 142 Å². The van der Waals surface area contributed by atoms with E-state index < -0.39 is 10.0 Å². The van der Waals surface area contributed by atoms with Crippen molar-refractivity contribution in [3.8, 4) is 0 Å². The van der Waals surface area contributed by atoms with Gasteiger partial charge in [0.05, 0.1) is 10.9 Å². The van der Waals surface area contributed by atoms with E-state index in [0.717, 1.165) is 10.4 Å². The molecule has 0 radical (unpaired) electrons. The molecule has 1 atom stereocenters. The van der Waals surface area contributed by atoms with Crippen LogP contribution in [-0.4, -0.2) is 19.8 Å². The third-order valence-electron chi connectivity index (χ3n) is 3.31. The van der Waals surface area contributed by atoms with Gasteiger partial charge >= 0.3 is 0 Å². The lowest BCUT2D eigenvalue weighted by molar-refractivity contribution is 0.402. The highest BCUT2D eigenvalue weighted by Crippen LogP contribution is 2.32. The Morgan fingerprint density at radius 3 is 2.62 bits per heavy atom. The lowest BCUT2D eigenvalue weighted by Crippen LogP contribution is -2.29. The zero-order valence-corrected chi connectivity index (χ0v) is 15.6. The molecule has 7 heteroatoms. The summed E-state index contributed by atoms with van der Waals surface area (Å²) in [7, 11) is -1.97. The number of alkyl halides is 1. The van der Waals surface area contributed by atoms with Gasteiger partial charge in [-0.25, -0.2) is 8.42 Å². The normalized spacial score (nSPS) is 13.6. The van der Waals surface area contributed by atoms with Gasteiger partial charge in [0.2, 0.25) is 10.0 Å². The van der Waals surface area contributed by atoms with Gasteiger partial charge in [-0.15, -0.1) is 22.9 Å². The van der Waals surface area contributed by atoms with Crippen LogP contribution < -0.4 is 0 Å². The Bertz CT molecular complexity index is 717. The maximum absolute atomic E-state index is 12.8. The Morgan fingerprint density at radius 2 is 2.10 bits per heavy atom. The molecule has 0 aliphatic rings. The standard InChI is InChI=1S/C14H15BrClNO2S2/c1-10(13-4-3-7-20-13)17(2)21(18,19)14-6-5-11(9-16)8-12(14)15/h3-8,10H,9H2,1-2H3. The van der Waals surface area contributed by atoms with Crippen LogP contribution in [0.15, 0.2) is 45.1 Å². The van der Waals surface area contributed by atoms with E-state index >= 15 is 0 Å². The predicted molar refractivity (Wildman–Crippen MR) is 91.4 cm³/mol. The van der Waals surface area contributed by atoms with Crippen molar-refractivity contribution in [1.29, 1.82) is 0 Å². The molecular formula is C14H15BrClNO2S2. The number of sulfonamides is 1. The molecule has 0 saturated heterocycles. The SMILES string of the molecule is CC(c1cccs1)N(C)S(=O)(=O)c1ccc(CCl)cc1Br. The predicted octanol–water partition coefficient (Wildman–Crippen LogP) is 4.63. The number of hydrogen-bond donors (Lipinski definition) is 0. The average molecular weight is 409 g/mol. The minimum Gasteiger partial charge on any atom is -0.207 e. The van der Waals surface area contributed by atoms with Crippen molar-refractivity contribution >= 4 is 48.9 Å². The molecule has 2 aromatic rings. The smallest absolute Gasteiger partial charge is 0.207 e. The Balaban J connectivity index is 2.37. The lowest BCUT2D eigenvalue weighted by Gasteiger charge is -2.24. The van der Waals surface area contributed by atoms with Gasteiger partial charge in [0.15, 0.2) is 0 Å². The third-order valence-corrected chi connectivity index (χ3v) is 7.56. The summed E-state index contributed by atoms with van der Waals surface area (Å²) in [5.74, 6) is 0.348. The average Bonchev–Trinajstić information content (AvgIpc) is 2.99. The van der Waals surface area contributed by atoms with E-state index in [4.69, 9.17) is 11.6 Å². The zero-order chi connectivity index (χ0) is 15.6. The van der Waals surface area contributed by atoms with Gasteiger partial charge in [0.25, 0.3) is 0 Å². The fourth-order valence-electron chi connectivity index (χ4n) is 1.91. The molecule has 3 nitrogen and oxygen atoms in total. The summed E-state index contributed by atoms with van der Waals surface area (Å²) in [6, 6.07) is 8.71. The van der Waals surface area contributed by atoms with Crippen molar-refractivity contribution in [2.45, 2.75) is 23.7 Å². The Kier molecular flexibility index (Phi) is 5.48. The summed E-state index contributed by atoms with van der Waals surface area (Å²) in [5, 5.41) is 1.94. The van der Waals surface area contributed by atoms with E-state index in [-0.39, 0.29) is 10.9 Å². The Morgan fingerprint density at radius 1 is 1.38 bits per heavy atom. The summed E-state index contributed by atoms with van der Waals surface area (Å²) in [6.07, 6.45) is 0. The molecule has 114 valence electrons. The number of halogens is 2. The van der Waals surface area contributed by atoms with Crippen LogP contribution in [0.25, 0.3) is 0 Å². The zero-order valence-electron chi connectivity index (χ0n) is 11.6. The molecule has 2 rings (SSSR count). The second-order valence-corrected chi connectivity index (χ2v) is 8.68. The highest BCUT2D eigenvalue weighted by atomic mass is 79.9. The van der Waals surface area contributed by atoms with Gasteiger partial charge in [0.1, 0.15) is 0 Å². The van der Waals surface area contributed by atoms with Crippen LogP contribution in [-0.2, 0) is 15.9 Å². The van der Waals surface area contributed by atoms with Crippen LogP contribution in [0.3, 0.4) is 0 Å². The molecule has 0 bridgehead atoms. The maximum atomic E-state index is 12.8.